The summed E-state index contributed by atoms with van der Waals surface area (Å²) in [6.07, 6.45) is 5.76. The van der Waals surface area contributed by atoms with Crippen molar-refractivity contribution >= 4 is 17.8 Å². The number of esters is 1. The number of imidazole rings is 1. The van der Waals surface area contributed by atoms with Crippen LogP contribution in [-0.2, 0) is 14.3 Å². The second-order valence-electron chi connectivity index (χ2n) is 5.38. The Labute approximate surface area is 140 Å². The second kappa shape index (κ2) is 7.59. The highest BCUT2D eigenvalue weighted by Gasteiger charge is 2.11. The van der Waals surface area contributed by atoms with Gasteiger partial charge in [0.15, 0.2) is 11.9 Å². The van der Waals surface area contributed by atoms with Crippen LogP contribution < -0.4 is 4.74 Å². The highest BCUT2D eigenvalue weighted by Crippen LogP contribution is 2.25. The summed E-state index contributed by atoms with van der Waals surface area (Å²) in [5.74, 6) is -0.107. The third-order valence-corrected chi connectivity index (χ3v) is 3.47. The van der Waals surface area contributed by atoms with Crippen LogP contribution in [0.15, 0.2) is 36.8 Å². The van der Waals surface area contributed by atoms with Crippen molar-refractivity contribution in [1.82, 2.24) is 9.55 Å². The Kier molecular flexibility index (Phi) is 5.52. The van der Waals surface area contributed by atoms with E-state index in [1.807, 2.05) is 35.9 Å². The molecule has 1 aromatic carbocycles. The van der Waals surface area contributed by atoms with Gasteiger partial charge < -0.3 is 14.0 Å². The summed E-state index contributed by atoms with van der Waals surface area (Å²) in [7, 11) is 1.58. The number of carbonyl (C=O) groups excluding carboxylic acids is 2. The molecule has 0 saturated heterocycles. The number of carbonyl (C=O) groups is 2. The van der Waals surface area contributed by atoms with Gasteiger partial charge in [-0.15, -0.1) is 0 Å². The molecule has 1 heterocycles. The smallest absolute Gasteiger partial charge is 0.331 e. The number of Topliss-reactive ketones (excluding diaryl/α,β-unsaturated/α-hetero) is 1. The number of nitrogens with zero attached hydrogens (tertiary/aromatic N) is 2. The van der Waals surface area contributed by atoms with Crippen molar-refractivity contribution in [2.45, 2.75) is 26.9 Å². The number of hydrogen-bond acceptors (Lipinski definition) is 5. The van der Waals surface area contributed by atoms with E-state index in [0.29, 0.717) is 5.75 Å². The topological polar surface area (TPSA) is 70.4 Å². The molecule has 0 aliphatic heterocycles. The Morgan fingerprint density at radius 3 is 2.67 bits per heavy atom. The minimum absolute atomic E-state index is 0.196. The molecule has 0 saturated carbocycles. The average Bonchev–Trinajstić information content (AvgIpc) is 2.98. The van der Waals surface area contributed by atoms with Crippen molar-refractivity contribution in [3.05, 3.63) is 48.1 Å². The van der Waals surface area contributed by atoms with Crippen LogP contribution in [0.5, 0.6) is 5.75 Å². The Morgan fingerprint density at radius 2 is 2.08 bits per heavy atom. The van der Waals surface area contributed by atoms with Crippen LogP contribution >= 0.6 is 0 Å². The van der Waals surface area contributed by atoms with Crippen LogP contribution in [0.2, 0.25) is 0 Å². The van der Waals surface area contributed by atoms with E-state index in [2.05, 4.69) is 4.98 Å². The molecule has 6 heteroatoms. The summed E-state index contributed by atoms with van der Waals surface area (Å²) >= 11 is 0. The molecule has 0 amide bonds. The first-order valence-electron chi connectivity index (χ1n) is 7.49. The second-order valence-corrected chi connectivity index (χ2v) is 5.38. The van der Waals surface area contributed by atoms with Gasteiger partial charge in [0.2, 0.25) is 0 Å². The third kappa shape index (κ3) is 4.32. The van der Waals surface area contributed by atoms with Gasteiger partial charge in [0, 0.05) is 12.3 Å². The average molecular weight is 328 g/mol. The number of aryl methyl sites for hydroxylation is 1. The number of benzene rings is 1. The lowest BCUT2D eigenvalue weighted by Gasteiger charge is -2.10. The predicted octanol–water partition coefficient (Wildman–Crippen LogP) is 2.72. The third-order valence-electron chi connectivity index (χ3n) is 3.47. The fourth-order valence-electron chi connectivity index (χ4n) is 2.02. The van der Waals surface area contributed by atoms with Gasteiger partial charge in [-0.2, -0.15) is 0 Å². The van der Waals surface area contributed by atoms with Gasteiger partial charge in [-0.3, -0.25) is 4.79 Å². The molecule has 0 N–H and O–H groups in total. The molecule has 24 heavy (non-hydrogen) atoms. The molecular weight excluding hydrogens is 308 g/mol. The number of aromatic nitrogens is 2. The summed E-state index contributed by atoms with van der Waals surface area (Å²) in [6, 6.07) is 5.54. The van der Waals surface area contributed by atoms with E-state index >= 15 is 0 Å². The van der Waals surface area contributed by atoms with E-state index < -0.39 is 12.1 Å². The molecule has 126 valence electrons. The molecule has 0 radical (unpaired) electrons. The largest absolute Gasteiger partial charge is 0.495 e. The first kappa shape index (κ1) is 17.5. The lowest BCUT2D eigenvalue weighted by atomic mass is 10.1. The Balaban J connectivity index is 2.16. The molecule has 1 atom stereocenters. The van der Waals surface area contributed by atoms with E-state index in [1.165, 1.54) is 13.0 Å². The fraction of sp³-hybridized carbons (Fsp3) is 0.278. The number of ketones is 1. The van der Waals surface area contributed by atoms with Gasteiger partial charge in [0.05, 0.1) is 24.8 Å². The zero-order valence-electron chi connectivity index (χ0n) is 14.1. The zero-order chi connectivity index (χ0) is 17.7. The van der Waals surface area contributed by atoms with Crippen LogP contribution in [0.3, 0.4) is 0 Å². The van der Waals surface area contributed by atoms with Gasteiger partial charge in [0.1, 0.15) is 5.75 Å². The van der Waals surface area contributed by atoms with Crippen molar-refractivity contribution in [2.24, 2.45) is 0 Å². The Bertz CT molecular complexity index is 777. The van der Waals surface area contributed by atoms with Gasteiger partial charge in [-0.25, -0.2) is 9.78 Å². The maximum Gasteiger partial charge on any atom is 0.331 e. The SMILES string of the molecule is COc1cc(C=CC(=O)OC(C)C(C)=O)ccc1-n1cnc(C)c1. The maximum atomic E-state index is 11.7. The maximum absolute atomic E-state index is 11.7. The van der Waals surface area contributed by atoms with Crippen LogP contribution in [0.4, 0.5) is 0 Å². The molecule has 0 spiro atoms. The summed E-state index contributed by atoms with van der Waals surface area (Å²) in [5.41, 5.74) is 2.53. The first-order chi connectivity index (χ1) is 11.4. The van der Waals surface area contributed by atoms with Crippen molar-refractivity contribution in [2.75, 3.05) is 7.11 Å². The van der Waals surface area contributed by atoms with Gasteiger partial charge in [0.25, 0.3) is 0 Å². The lowest BCUT2D eigenvalue weighted by molar-refractivity contribution is -0.148. The molecule has 6 nitrogen and oxygen atoms in total. The minimum Gasteiger partial charge on any atom is -0.495 e. The number of methoxy groups -OCH3 is 1. The molecule has 1 aromatic heterocycles. The Hall–Kier alpha value is -2.89. The summed E-state index contributed by atoms with van der Waals surface area (Å²) in [6.45, 7) is 4.83. The molecule has 2 rings (SSSR count). The molecule has 0 aliphatic rings. The summed E-state index contributed by atoms with van der Waals surface area (Å²) < 4.78 is 12.2. The van der Waals surface area contributed by atoms with Gasteiger partial charge >= 0.3 is 5.97 Å². The van der Waals surface area contributed by atoms with E-state index in [9.17, 15) is 9.59 Å². The predicted molar refractivity (Wildman–Crippen MR) is 90.1 cm³/mol. The van der Waals surface area contributed by atoms with Crippen molar-refractivity contribution in [3.63, 3.8) is 0 Å². The molecule has 0 aliphatic carbocycles. The van der Waals surface area contributed by atoms with Crippen molar-refractivity contribution in [3.8, 4) is 11.4 Å². The van der Waals surface area contributed by atoms with E-state index in [4.69, 9.17) is 9.47 Å². The Morgan fingerprint density at radius 1 is 1.33 bits per heavy atom. The number of hydrogen-bond donors (Lipinski definition) is 0. The van der Waals surface area contributed by atoms with Crippen LogP contribution in [0.25, 0.3) is 11.8 Å². The highest BCUT2D eigenvalue weighted by atomic mass is 16.5. The van der Waals surface area contributed by atoms with E-state index in [0.717, 1.165) is 16.9 Å². The van der Waals surface area contributed by atoms with E-state index in [1.54, 1.807) is 26.4 Å². The quantitative estimate of drug-likeness (QED) is 0.602. The van der Waals surface area contributed by atoms with Gasteiger partial charge in [-0.1, -0.05) is 6.07 Å². The standard InChI is InChI=1S/C18H20N2O4/c1-12-10-20(11-19-12)16-7-5-15(9-17(16)23-4)6-8-18(22)24-14(3)13(2)21/h5-11,14H,1-4H3. The molecule has 0 bridgehead atoms. The van der Waals surface area contributed by atoms with Gasteiger partial charge in [-0.05, 0) is 44.5 Å². The molecular formula is C18H20N2O4. The zero-order valence-corrected chi connectivity index (χ0v) is 14.1. The van der Waals surface area contributed by atoms with Crippen LogP contribution in [-0.4, -0.2) is 34.5 Å². The van der Waals surface area contributed by atoms with Crippen LogP contribution in [0, 0.1) is 6.92 Å². The summed E-state index contributed by atoms with van der Waals surface area (Å²) in [5, 5.41) is 0. The fourth-order valence-corrected chi connectivity index (χ4v) is 2.02. The van der Waals surface area contributed by atoms with Crippen LogP contribution in [0.1, 0.15) is 25.1 Å². The lowest BCUT2D eigenvalue weighted by Crippen LogP contribution is -2.20. The summed E-state index contributed by atoms with van der Waals surface area (Å²) in [4.78, 5) is 27.0. The van der Waals surface area contributed by atoms with Crippen molar-refractivity contribution < 1.29 is 19.1 Å². The number of rotatable bonds is 6. The normalized spacial score (nSPS) is 12.2. The monoisotopic (exact) mass is 328 g/mol. The molecule has 2 aromatic rings. The first-order valence-corrected chi connectivity index (χ1v) is 7.49. The molecule has 1 unspecified atom stereocenters. The van der Waals surface area contributed by atoms with Crippen molar-refractivity contribution in [1.29, 1.82) is 0 Å². The number of ether oxygens (including phenoxy) is 2. The van der Waals surface area contributed by atoms with E-state index in [-0.39, 0.29) is 5.78 Å². The molecule has 0 fully saturated rings. The minimum atomic E-state index is -0.747. The highest BCUT2D eigenvalue weighted by molar-refractivity contribution is 5.90.